The van der Waals surface area contributed by atoms with E-state index in [4.69, 9.17) is 4.74 Å². The molecule has 0 unspecified atom stereocenters. The number of rotatable bonds is 3. The molecule has 1 aromatic heterocycles. The van der Waals surface area contributed by atoms with E-state index in [1.165, 1.54) is 18.9 Å². The van der Waals surface area contributed by atoms with Crippen LogP contribution in [0.2, 0.25) is 0 Å². The maximum Gasteiger partial charge on any atom is 0.433 e. The Hall–Kier alpha value is -2.16. The third-order valence-corrected chi connectivity index (χ3v) is 3.69. The van der Waals surface area contributed by atoms with E-state index in [0.29, 0.717) is 26.3 Å². The number of hydrogen-bond donors (Lipinski definition) is 0. The normalized spacial score (nSPS) is 15.3. The summed E-state index contributed by atoms with van der Waals surface area (Å²) in [5.74, 6) is -0.776. The lowest BCUT2D eigenvalue weighted by atomic mass is 10.1. The van der Waals surface area contributed by atoms with Gasteiger partial charge in [0.2, 0.25) is 5.91 Å². The zero-order valence-corrected chi connectivity index (χ0v) is 13.4. The van der Waals surface area contributed by atoms with E-state index in [9.17, 15) is 22.8 Å². The summed E-state index contributed by atoms with van der Waals surface area (Å²) in [6, 6.07) is 1.85. The minimum absolute atomic E-state index is 0.0273. The Morgan fingerprint density at radius 2 is 1.92 bits per heavy atom. The zero-order valence-electron chi connectivity index (χ0n) is 13.4. The largest absolute Gasteiger partial charge is 0.433 e. The fraction of sp³-hybridized carbons (Fsp3) is 0.533. The Morgan fingerprint density at radius 1 is 1.29 bits per heavy atom. The van der Waals surface area contributed by atoms with Crippen LogP contribution in [-0.2, 0) is 15.7 Å². The van der Waals surface area contributed by atoms with Crippen LogP contribution in [0.4, 0.5) is 13.2 Å². The highest BCUT2D eigenvalue weighted by Gasteiger charge is 2.33. The van der Waals surface area contributed by atoms with Crippen molar-refractivity contribution in [1.29, 1.82) is 0 Å². The third-order valence-electron chi connectivity index (χ3n) is 3.69. The van der Waals surface area contributed by atoms with Crippen molar-refractivity contribution in [3.05, 3.63) is 29.1 Å². The van der Waals surface area contributed by atoms with E-state index >= 15 is 0 Å². The highest BCUT2D eigenvalue weighted by atomic mass is 19.4. The van der Waals surface area contributed by atoms with Crippen LogP contribution >= 0.6 is 0 Å². The van der Waals surface area contributed by atoms with Crippen LogP contribution in [0.15, 0.2) is 12.1 Å². The summed E-state index contributed by atoms with van der Waals surface area (Å²) in [4.78, 5) is 30.7. The predicted octanol–water partition coefficient (Wildman–Crippen LogP) is 1.34. The van der Waals surface area contributed by atoms with Crippen LogP contribution in [0, 0.1) is 6.92 Å². The van der Waals surface area contributed by atoms with Gasteiger partial charge in [0.25, 0.3) is 5.91 Å². The third kappa shape index (κ3) is 4.22. The van der Waals surface area contributed by atoms with Crippen molar-refractivity contribution in [3.63, 3.8) is 0 Å². The lowest BCUT2D eigenvalue weighted by molar-refractivity contribution is -0.141. The Balaban J connectivity index is 2.06. The van der Waals surface area contributed by atoms with Gasteiger partial charge in [0, 0.05) is 20.1 Å². The summed E-state index contributed by atoms with van der Waals surface area (Å²) < 4.78 is 43.0. The molecule has 0 N–H and O–H groups in total. The molecule has 1 saturated heterocycles. The van der Waals surface area contributed by atoms with Gasteiger partial charge in [0.15, 0.2) is 0 Å². The van der Waals surface area contributed by atoms with Gasteiger partial charge in [-0.2, -0.15) is 13.2 Å². The first-order valence-corrected chi connectivity index (χ1v) is 7.36. The number of aromatic nitrogens is 1. The van der Waals surface area contributed by atoms with Crippen LogP contribution in [0.1, 0.15) is 21.7 Å². The van der Waals surface area contributed by atoms with Crippen molar-refractivity contribution in [1.82, 2.24) is 14.8 Å². The highest BCUT2D eigenvalue weighted by Crippen LogP contribution is 2.28. The van der Waals surface area contributed by atoms with Crippen LogP contribution < -0.4 is 0 Å². The van der Waals surface area contributed by atoms with E-state index in [0.717, 1.165) is 12.1 Å². The SMILES string of the molecule is Cc1nc(C(F)(F)F)ccc1C(=O)N(C)CC(=O)N1CCOCC1. The molecule has 24 heavy (non-hydrogen) atoms. The van der Waals surface area contributed by atoms with Gasteiger partial charge in [-0.1, -0.05) is 0 Å². The number of alkyl halides is 3. The van der Waals surface area contributed by atoms with Gasteiger partial charge >= 0.3 is 6.18 Å². The van der Waals surface area contributed by atoms with Crippen LogP contribution in [-0.4, -0.2) is 66.5 Å². The van der Waals surface area contributed by atoms with Gasteiger partial charge in [-0.3, -0.25) is 9.59 Å². The van der Waals surface area contributed by atoms with E-state index < -0.39 is 17.8 Å². The molecule has 132 valence electrons. The van der Waals surface area contributed by atoms with Gasteiger partial charge in [-0.15, -0.1) is 0 Å². The first kappa shape index (κ1) is 18.2. The molecule has 0 spiro atoms. The molecular formula is C15H18F3N3O3. The number of carbonyl (C=O) groups excluding carboxylic acids is 2. The summed E-state index contributed by atoms with van der Waals surface area (Å²) in [5, 5.41) is 0. The Bertz CT molecular complexity index is 628. The van der Waals surface area contributed by atoms with E-state index in [2.05, 4.69) is 4.98 Å². The Kier molecular flexibility index (Phi) is 5.43. The van der Waals surface area contributed by atoms with Gasteiger partial charge in [-0.25, -0.2) is 4.98 Å². The highest BCUT2D eigenvalue weighted by molar-refractivity contribution is 5.97. The van der Waals surface area contributed by atoms with E-state index in [-0.39, 0.29) is 23.7 Å². The number of carbonyl (C=O) groups is 2. The standard InChI is InChI=1S/C15H18F3N3O3/c1-10-11(3-4-12(19-10)15(16,17)18)14(23)20(2)9-13(22)21-5-7-24-8-6-21/h3-4H,5-9H2,1-2H3. The zero-order chi connectivity index (χ0) is 17.9. The van der Waals surface area contributed by atoms with Crippen molar-refractivity contribution in [2.45, 2.75) is 13.1 Å². The molecule has 9 heteroatoms. The smallest absolute Gasteiger partial charge is 0.378 e. The number of morpholine rings is 1. The topological polar surface area (TPSA) is 62.7 Å². The molecule has 2 heterocycles. The molecule has 1 aliphatic heterocycles. The minimum atomic E-state index is -4.56. The Labute approximate surface area is 137 Å². The number of halogens is 3. The fourth-order valence-corrected chi connectivity index (χ4v) is 2.34. The Morgan fingerprint density at radius 3 is 2.46 bits per heavy atom. The van der Waals surface area contributed by atoms with Gasteiger partial charge in [0.05, 0.1) is 31.0 Å². The molecule has 0 bridgehead atoms. The second kappa shape index (κ2) is 7.16. The minimum Gasteiger partial charge on any atom is -0.378 e. The molecule has 0 saturated carbocycles. The van der Waals surface area contributed by atoms with Crippen LogP contribution in [0.25, 0.3) is 0 Å². The number of nitrogens with zero attached hydrogens (tertiary/aromatic N) is 3. The van der Waals surface area contributed by atoms with Crippen molar-refractivity contribution >= 4 is 11.8 Å². The van der Waals surface area contributed by atoms with E-state index in [1.54, 1.807) is 4.90 Å². The average molecular weight is 345 g/mol. The van der Waals surface area contributed by atoms with Gasteiger partial charge in [-0.05, 0) is 19.1 Å². The number of hydrogen-bond acceptors (Lipinski definition) is 4. The number of ether oxygens (including phenoxy) is 1. The summed E-state index contributed by atoms with van der Waals surface area (Å²) in [6.45, 7) is 3.00. The molecule has 1 fully saturated rings. The molecule has 1 aliphatic rings. The fourth-order valence-electron chi connectivity index (χ4n) is 2.34. The lowest BCUT2D eigenvalue weighted by Crippen LogP contribution is -2.46. The molecule has 2 rings (SSSR count). The van der Waals surface area contributed by atoms with Crippen molar-refractivity contribution < 1.29 is 27.5 Å². The molecule has 0 radical (unpaired) electrons. The van der Waals surface area contributed by atoms with Crippen molar-refractivity contribution in [3.8, 4) is 0 Å². The maximum absolute atomic E-state index is 12.6. The second-order valence-corrected chi connectivity index (χ2v) is 5.48. The van der Waals surface area contributed by atoms with Crippen LogP contribution in [0.5, 0.6) is 0 Å². The van der Waals surface area contributed by atoms with Gasteiger partial charge in [0.1, 0.15) is 5.69 Å². The predicted molar refractivity (Wildman–Crippen MR) is 78.3 cm³/mol. The van der Waals surface area contributed by atoms with E-state index in [1.807, 2.05) is 0 Å². The first-order valence-electron chi connectivity index (χ1n) is 7.36. The molecule has 0 aliphatic carbocycles. The summed E-state index contributed by atoms with van der Waals surface area (Å²) in [6.07, 6.45) is -4.56. The summed E-state index contributed by atoms with van der Waals surface area (Å²) in [7, 11) is 1.43. The molecule has 0 aromatic carbocycles. The van der Waals surface area contributed by atoms with Gasteiger partial charge < -0.3 is 14.5 Å². The summed E-state index contributed by atoms with van der Waals surface area (Å²) in [5.41, 5.74) is -1.04. The lowest BCUT2D eigenvalue weighted by Gasteiger charge is -2.28. The molecule has 6 nitrogen and oxygen atoms in total. The number of pyridine rings is 1. The molecule has 2 amide bonds. The monoisotopic (exact) mass is 345 g/mol. The van der Waals surface area contributed by atoms with Crippen molar-refractivity contribution in [2.75, 3.05) is 39.9 Å². The average Bonchev–Trinajstić information content (AvgIpc) is 2.54. The number of aryl methyl sites for hydroxylation is 1. The molecular weight excluding hydrogens is 327 g/mol. The maximum atomic E-state index is 12.6. The quantitative estimate of drug-likeness (QED) is 0.829. The molecule has 0 atom stereocenters. The second-order valence-electron chi connectivity index (χ2n) is 5.48. The summed E-state index contributed by atoms with van der Waals surface area (Å²) >= 11 is 0. The van der Waals surface area contributed by atoms with Crippen LogP contribution in [0.3, 0.4) is 0 Å². The number of amides is 2. The number of likely N-dealkylation sites (N-methyl/N-ethyl adjacent to an activating group) is 1. The molecule has 1 aromatic rings. The first-order chi connectivity index (χ1) is 11.2. The van der Waals surface area contributed by atoms with Crippen molar-refractivity contribution in [2.24, 2.45) is 0 Å².